The predicted octanol–water partition coefficient (Wildman–Crippen LogP) is 3.03. The summed E-state index contributed by atoms with van der Waals surface area (Å²) < 4.78 is 1.76. The number of thiazole rings is 1. The Morgan fingerprint density at radius 2 is 2.14 bits per heavy atom. The fourth-order valence-electron chi connectivity index (χ4n) is 2.59. The van der Waals surface area contributed by atoms with Gasteiger partial charge in [-0.1, -0.05) is 12.8 Å². The highest BCUT2D eigenvalue weighted by Crippen LogP contribution is 2.28. The Hall–Kier alpha value is -1.69. The summed E-state index contributed by atoms with van der Waals surface area (Å²) in [5.41, 5.74) is 1.20. The molecule has 21 heavy (non-hydrogen) atoms. The lowest BCUT2D eigenvalue weighted by molar-refractivity contribution is -0.116. The van der Waals surface area contributed by atoms with Gasteiger partial charge in [0.2, 0.25) is 5.91 Å². The van der Waals surface area contributed by atoms with E-state index in [0.29, 0.717) is 13.0 Å². The van der Waals surface area contributed by atoms with Gasteiger partial charge in [0.25, 0.3) is 0 Å². The molecule has 0 atom stereocenters. The molecule has 1 aliphatic rings. The molecule has 0 bridgehead atoms. The van der Waals surface area contributed by atoms with Gasteiger partial charge in [-0.3, -0.25) is 9.48 Å². The van der Waals surface area contributed by atoms with Crippen LogP contribution in [0.2, 0.25) is 0 Å². The van der Waals surface area contributed by atoms with Gasteiger partial charge >= 0.3 is 0 Å². The number of nitrogens with zero attached hydrogens (tertiary/aromatic N) is 3. The number of rotatable bonds is 4. The molecule has 112 valence electrons. The first-order valence-corrected chi connectivity index (χ1v) is 8.39. The molecule has 5 nitrogen and oxygen atoms in total. The standard InChI is InChI=1S/C15H20N4OS/c20-14(8-11-19-10-5-9-16-19)18-15-17-12-6-3-1-2-4-7-13(12)21-15/h5,9-10H,1-4,6-8,11H2,(H,17,18,20). The molecule has 0 aliphatic heterocycles. The van der Waals surface area contributed by atoms with E-state index in [0.717, 1.165) is 18.0 Å². The van der Waals surface area contributed by atoms with E-state index in [1.807, 2.05) is 12.3 Å². The van der Waals surface area contributed by atoms with E-state index in [1.165, 1.54) is 36.3 Å². The summed E-state index contributed by atoms with van der Waals surface area (Å²) in [5.74, 6) is 0.00669. The second kappa shape index (κ2) is 6.85. The zero-order valence-electron chi connectivity index (χ0n) is 12.0. The van der Waals surface area contributed by atoms with Crippen LogP contribution in [0.4, 0.5) is 5.13 Å². The van der Waals surface area contributed by atoms with Gasteiger partial charge in [0.05, 0.1) is 5.69 Å². The maximum absolute atomic E-state index is 12.0. The second-order valence-corrected chi connectivity index (χ2v) is 6.45. The maximum Gasteiger partial charge on any atom is 0.228 e. The Morgan fingerprint density at radius 1 is 1.29 bits per heavy atom. The van der Waals surface area contributed by atoms with Crippen LogP contribution in [0.1, 0.15) is 42.7 Å². The van der Waals surface area contributed by atoms with Crippen molar-refractivity contribution in [3.8, 4) is 0 Å². The minimum atomic E-state index is 0.00669. The van der Waals surface area contributed by atoms with Gasteiger partial charge in [0.1, 0.15) is 0 Å². The van der Waals surface area contributed by atoms with Gasteiger partial charge < -0.3 is 5.32 Å². The van der Waals surface area contributed by atoms with Crippen LogP contribution in [0, 0.1) is 0 Å². The Bertz CT molecular complexity index is 565. The molecule has 1 N–H and O–H groups in total. The van der Waals surface area contributed by atoms with Crippen LogP contribution in [0.15, 0.2) is 18.5 Å². The van der Waals surface area contributed by atoms with E-state index in [-0.39, 0.29) is 5.91 Å². The Kier molecular flexibility index (Phi) is 4.65. The normalized spacial score (nSPS) is 15.0. The summed E-state index contributed by atoms with van der Waals surface area (Å²) in [5, 5.41) is 7.78. The average Bonchev–Trinajstić information content (AvgIpc) is 3.07. The number of aromatic nitrogens is 3. The van der Waals surface area contributed by atoms with Crippen LogP contribution in [-0.4, -0.2) is 20.7 Å². The van der Waals surface area contributed by atoms with Gasteiger partial charge in [-0.05, 0) is 31.7 Å². The smallest absolute Gasteiger partial charge is 0.228 e. The van der Waals surface area contributed by atoms with E-state index >= 15 is 0 Å². The number of fused-ring (bicyclic) bond motifs is 1. The molecule has 2 aromatic heterocycles. The zero-order chi connectivity index (χ0) is 14.5. The van der Waals surface area contributed by atoms with Gasteiger partial charge in [0.15, 0.2) is 5.13 Å². The minimum absolute atomic E-state index is 0.00669. The molecule has 6 heteroatoms. The predicted molar refractivity (Wildman–Crippen MR) is 83.5 cm³/mol. The lowest BCUT2D eigenvalue weighted by Crippen LogP contribution is -2.14. The molecule has 2 heterocycles. The number of amides is 1. The molecule has 0 fully saturated rings. The summed E-state index contributed by atoms with van der Waals surface area (Å²) in [6.07, 6.45) is 11.2. The molecular weight excluding hydrogens is 284 g/mol. The van der Waals surface area contributed by atoms with E-state index in [1.54, 1.807) is 22.2 Å². The monoisotopic (exact) mass is 304 g/mol. The molecule has 0 saturated heterocycles. The summed E-state index contributed by atoms with van der Waals surface area (Å²) in [6, 6.07) is 1.86. The van der Waals surface area contributed by atoms with Crippen LogP contribution in [0.3, 0.4) is 0 Å². The first kappa shape index (κ1) is 14.3. The van der Waals surface area contributed by atoms with Crippen LogP contribution in [-0.2, 0) is 24.2 Å². The largest absolute Gasteiger partial charge is 0.302 e. The van der Waals surface area contributed by atoms with Crippen molar-refractivity contribution < 1.29 is 4.79 Å². The molecule has 1 amide bonds. The fraction of sp³-hybridized carbons (Fsp3) is 0.533. The van der Waals surface area contributed by atoms with Crippen molar-refractivity contribution in [2.75, 3.05) is 5.32 Å². The zero-order valence-corrected chi connectivity index (χ0v) is 12.9. The SMILES string of the molecule is O=C(CCn1cccn1)Nc1nc2c(s1)CCCCCC2. The maximum atomic E-state index is 12.0. The lowest BCUT2D eigenvalue weighted by Gasteiger charge is -2.06. The first-order chi connectivity index (χ1) is 10.3. The van der Waals surface area contributed by atoms with Gasteiger partial charge in [-0.25, -0.2) is 4.98 Å². The van der Waals surface area contributed by atoms with Crippen molar-refractivity contribution in [2.24, 2.45) is 0 Å². The molecule has 0 aromatic carbocycles. The highest BCUT2D eigenvalue weighted by molar-refractivity contribution is 7.15. The number of aryl methyl sites for hydroxylation is 3. The number of nitrogens with one attached hydrogen (secondary N) is 1. The van der Waals surface area contributed by atoms with Crippen molar-refractivity contribution in [3.05, 3.63) is 29.0 Å². The first-order valence-electron chi connectivity index (χ1n) is 7.57. The fourth-order valence-corrected chi connectivity index (χ4v) is 3.66. The summed E-state index contributed by atoms with van der Waals surface area (Å²) in [4.78, 5) is 17.9. The topological polar surface area (TPSA) is 59.8 Å². The third-order valence-corrected chi connectivity index (χ3v) is 4.79. The van der Waals surface area contributed by atoms with E-state index < -0.39 is 0 Å². The quantitative estimate of drug-likeness (QED) is 0.944. The van der Waals surface area contributed by atoms with Crippen LogP contribution in [0.5, 0.6) is 0 Å². The van der Waals surface area contributed by atoms with Crippen molar-refractivity contribution in [1.29, 1.82) is 0 Å². The highest BCUT2D eigenvalue weighted by atomic mass is 32.1. The van der Waals surface area contributed by atoms with Gasteiger partial charge in [0, 0.05) is 30.2 Å². The number of hydrogen-bond acceptors (Lipinski definition) is 4. The molecule has 3 rings (SSSR count). The van der Waals surface area contributed by atoms with Gasteiger partial charge in [-0.15, -0.1) is 11.3 Å². The second-order valence-electron chi connectivity index (χ2n) is 5.37. The Labute approximate surface area is 128 Å². The Balaban J connectivity index is 1.57. The van der Waals surface area contributed by atoms with Crippen LogP contribution in [0.25, 0.3) is 0 Å². The minimum Gasteiger partial charge on any atom is -0.302 e. The van der Waals surface area contributed by atoms with E-state index in [4.69, 9.17) is 0 Å². The summed E-state index contributed by atoms with van der Waals surface area (Å²) in [6.45, 7) is 0.601. The third-order valence-electron chi connectivity index (χ3n) is 3.72. The van der Waals surface area contributed by atoms with Crippen LogP contribution >= 0.6 is 11.3 Å². The lowest BCUT2D eigenvalue weighted by atomic mass is 10.0. The molecule has 1 aliphatic carbocycles. The molecule has 0 saturated carbocycles. The number of hydrogen-bond donors (Lipinski definition) is 1. The molecule has 0 unspecified atom stereocenters. The van der Waals surface area contributed by atoms with Crippen molar-refractivity contribution >= 4 is 22.4 Å². The molecule has 0 spiro atoms. The van der Waals surface area contributed by atoms with Gasteiger partial charge in [-0.2, -0.15) is 5.10 Å². The third kappa shape index (κ3) is 3.91. The molecular formula is C15H20N4OS. The molecule has 0 radical (unpaired) electrons. The van der Waals surface area contributed by atoms with Crippen molar-refractivity contribution in [1.82, 2.24) is 14.8 Å². The van der Waals surface area contributed by atoms with Crippen molar-refractivity contribution in [2.45, 2.75) is 51.5 Å². The highest BCUT2D eigenvalue weighted by Gasteiger charge is 2.14. The number of carbonyl (C=O) groups is 1. The summed E-state index contributed by atoms with van der Waals surface area (Å²) >= 11 is 1.64. The van der Waals surface area contributed by atoms with E-state index in [9.17, 15) is 4.79 Å². The molecule has 2 aromatic rings. The van der Waals surface area contributed by atoms with Crippen LogP contribution < -0.4 is 5.32 Å². The number of anilines is 1. The average molecular weight is 304 g/mol. The van der Waals surface area contributed by atoms with E-state index in [2.05, 4.69) is 15.4 Å². The number of carbonyl (C=O) groups excluding carboxylic acids is 1. The summed E-state index contributed by atoms with van der Waals surface area (Å²) in [7, 11) is 0. The Morgan fingerprint density at radius 3 is 2.95 bits per heavy atom. The van der Waals surface area contributed by atoms with Crippen molar-refractivity contribution in [3.63, 3.8) is 0 Å².